The minimum absolute atomic E-state index is 0.171. The minimum atomic E-state index is -0.287. The van der Waals surface area contributed by atoms with Crippen LogP contribution in [0.15, 0.2) is 29.6 Å². The molecule has 2 heterocycles. The fourth-order valence-electron chi connectivity index (χ4n) is 2.79. The van der Waals surface area contributed by atoms with Crippen molar-refractivity contribution in [1.29, 1.82) is 0 Å². The van der Waals surface area contributed by atoms with Crippen molar-refractivity contribution in [2.75, 3.05) is 13.7 Å². The van der Waals surface area contributed by atoms with Gasteiger partial charge in [-0.1, -0.05) is 0 Å². The van der Waals surface area contributed by atoms with E-state index >= 15 is 0 Å². The quantitative estimate of drug-likeness (QED) is 0.750. The first-order chi connectivity index (χ1) is 11.7. The van der Waals surface area contributed by atoms with Crippen molar-refractivity contribution in [1.82, 2.24) is 9.88 Å². The van der Waals surface area contributed by atoms with Crippen LogP contribution in [0.5, 0.6) is 5.75 Å². The maximum Gasteiger partial charge on any atom is 0.323 e. The summed E-state index contributed by atoms with van der Waals surface area (Å²) in [5, 5.41) is 2.83. The van der Waals surface area contributed by atoms with Crippen LogP contribution >= 0.6 is 11.3 Å². The van der Waals surface area contributed by atoms with Crippen LogP contribution in [0.4, 0.5) is 4.39 Å². The van der Waals surface area contributed by atoms with Gasteiger partial charge in [-0.2, -0.15) is 0 Å². The highest BCUT2D eigenvalue weighted by Crippen LogP contribution is 2.22. The van der Waals surface area contributed by atoms with Crippen LogP contribution in [0, 0.1) is 5.82 Å². The Bertz CT molecular complexity index is 689. The van der Waals surface area contributed by atoms with Gasteiger partial charge in [0.05, 0.1) is 12.8 Å². The summed E-state index contributed by atoms with van der Waals surface area (Å²) < 4.78 is 23.3. The zero-order valence-corrected chi connectivity index (χ0v) is 14.2. The molecule has 1 aliphatic rings. The van der Waals surface area contributed by atoms with Crippen LogP contribution in [0.3, 0.4) is 0 Å². The van der Waals surface area contributed by atoms with Crippen LogP contribution in [-0.2, 0) is 22.7 Å². The Balaban J connectivity index is 1.55. The van der Waals surface area contributed by atoms with Gasteiger partial charge in [-0.05, 0) is 43.7 Å². The van der Waals surface area contributed by atoms with Gasteiger partial charge < -0.3 is 9.47 Å². The van der Waals surface area contributed by atoms with E-state index in [4.69, 9.17) is 9.47 Å². The van der Waals surface area contributed by atoms with E-state index in [-0.39, 0.29) is 17.8 Å². The summed E-state index contributed by atoms with van der Waals surface area (Å²) in [5.41, 5.74) is 0.925. The third kappa shape index (κ3) is 4.10. The summed E-state index contributed by atoms with van der Waals surface area (Å²) in [7, 11) is 1.42. The first-order valence-electron chi connectivity index (χ1n) is 7.79. The third-order valence-corrected chi connectivity index (χ3v) is 4.85. The number of halogens is 1. The highest BCUT2D eigenvalue weighted by atomic mass is 32.1. The monoisotopic (exact) mass is 350 g/mol. The Morgan fingerprint density at radius 1 is 1.42 bits per heavy atom. The number of hydrogen-bond donors (Lipinski definition) is 0. The van der Waals surface area contributed by atoms with E-state index in [9.17, 15) is 9.18 Å². The number of methoxy groups -OCH3 is 1. The summed E-state index contributed by atoms with van der Waals surface area (Å²) in [6.07, 6.45) is 1.82. The number of esters is 1. The van der Waals surface area contributed by atoms with Crippen molar-refractivity contribution in [3.8, 4) is 5.75 Å². The molecule has 3 rings (SSSR count). The second-order valence-corrected chi connectivity index (χ2v) is 6.57. The van der Waals surface area contributed by atoms with Gasteiger partial charge in [0.1, 0.15) is 29.2 Å². The minimum Gasteiger partial charge on any atom is -0.486 e. The molecule has 1 aromatic heterocycles. The number of nitrogens with zero attached hydrogens (tertiary/aromatic N) is 2. The van der Waals surface area contributed by atoms with E-state index < -0.39 is 0 Å². The normalized spacial score (nSPS) is 17.8. The van der Waals surface area contributed by atoms with Crippen molar-refractivity contribution < 1.29 is 18.7 Å². The van der Waals surface area contributed by atoms with E-state index in [0.717, 1.165) is 30.1 Å². The molecule has 1 fully saturated rings. The second kappa shape index (κ2) is 7.72. The smallest absolute Gasteiger partial charge is 0.323 e. The molecule has 1 saturated heterocycles. The number of carbonyl (C=O) groups excluding carboxylic acids is 1. The zero-order valence-electron chi connectivity index (χ0n) is 13.4. The molecule has 2 aromatic rings. The van der Waals surface area contributed by atoms with Gasteiger partial charge in [0, 0.05) is 11.9 Å². The molecule has 1 unspecified atom stereocenters. The first kappa shape index (κ1) is 16.9. The number of ether oxygens (including phenoxy) is 2. The number of hydrogen-bond acceptors (Lipinski definition) is 6. The van der Waals surface area contributed by atoms with Gasteiger partial charge in [0.2, 0.25) is 0 Å². The third-order valence-electron chi connectivity index (χ3n) is 3.98. The van der Waals surface area contributed by atoms with E-state index in [1.807, 2.05) is 5.38 Å². The summed E-state index contributed by atoms with van der Waals surface area (Å²) in [4.78, 5) is 18.4. The van der Waals surface area contributed by atoms with Gasteiger partial charge in [-0.3, -0.25) is 9.69 Å². The van der Waals surface area contributed by atoms with Crippen molar-refractivity contribution >= 4 is 17.3 Å². The molecule has 0 N–H and O–H groups in total. The lowest BCUT2D eigenvalue weighted by Crippen LogP contribution is -2.36. The van der Waals surface area contributed by atoms with Gasteiger partial charge in [0.25, 0.3) is 0 Å². The van der Waals surface area contributed by atoms with Crippen LogP contribution < -0.4 is 4.74 Å². The van der Waals surface area contributed by atoms with Gasteiger partial charge in [-0.15, -0.1) is 11.3 Å². The Morgan fingerprint density at radius 2 is 2.21 bits per heavy atom. The van der Waals surface area contributed by atoms with E-state index in [1.165, 1.54) is 30.6 Å². The average Bonchev–Trinajstić information content (AvgIpc) is 3.23. The lowest BCUT2D eigenvalue weighted by atomic mass is 10.2. The van der Waals surface area contributed by atoms with Gasteiger partial charge in [-0.25, -0.2) is 9.37 Å². The molecule has 0 radical (unpaired) electrons. The molecular weight excluding hydrogens is 331 g/mol. The van der Waals surface area contributed by atoms with Crippen molar-refractivity contribution in [2.45, 2.75) is 32.0 Å². The molecule has 5 nitrogen and oxygen atoms in total. The molecule has 0 spiro atoms. The Morgan fingerprint density at radius 3 is 2.96 bits per heavy atom. The molecule has 7 heteroatoms. The first-order valence-corrected chi connectivity index (χ1v) is 8.67. The molecule has 1 aromatic carbocycles. The largest absolute Gasteiger partial charge is 0.486 e. The maximum atomic E-state index is 12.9. The predicted octanol–water partition coefficient (Wildman–Crippen LogP) is 3.00. The number of rotatable bonds is 6. The number of carbonyl (C=O) groups is 1. The Hall–Kier alpha value is -1.99. The van der Waals surface area contributed by atoms with Crippen LogP contribution in [-0.4, -0.2) is 35.5 Å². The van der Waals surface area contributed by atoms with Gasteiger partial charge in [0.15, 0.2) is 0 Å². The number of aromatic nitrogens is 1. The summed E-state index contributed by atoms with van der Waals surface area (Å²) in [5.74, 6) is 0.144. The fourth-order valence-corrected chi connectivity index (χ4v) is 3.49. The number of benzene rings is 1. The lowest BCUT2D eigenvalue weighted by Gasteiger charge is -2.21. The molecule has 128 valence electrons. The molecule has 1 aliphatic heterocycles. The Labute approximate surface area is 144 Å². The fraction of sp³-hybridized carbons (Fsp3) is 0.412. The molecular formula is C17H19FN2O3S. The molecule has 0 saturated carbocycles. The molecule has 0 amide bonds. The highest BCUT2D eigenvalue weighted by molar-refractivity contribution is 7.09. The summed E-state index contributed by atoms with van der Waals surface area (Å²) in [6.45, 7) is 1.85. The molecule has 0 aliphatic carbocycles. The highest BCUT2D eigenvalue weighted by Gasteiger charge is 2.31. The van der Waals surface area contributed by atoms with Crippen molar-refractivity contribution in [3.63, 3.8) is 0 Å². The standard InChI is InChI=1S/C17H19FN2O3S/c1-22-17(21)15-3-2-8-20(15)9-13-11-24-16(19-13)10-23-14-6-4-12(18)5-7-14/h4-7,11,15H,2-3,8-10H2,1H3. The van der Waals surface area contributed by atoms with Crippen LogP contribution in [0.2, 0.25) is 0 Å². The molecule has 0 bridgehead atoms. The predicted molar refractivity (Wildman–Crippen MR) is 88.3 cm³/mol. The van der Waals surface area contributed by atoms with Crippen LogP contribution in [0.25, 0.3) is 0 Å². The van der Waals surface area contributed by atoms with Crippen molar-refractivity contribution in [3.05, 3.63) is 46.2 Å². The lowest BCUT2D eigenvalue weighted by molar-refractivity contribution is -0.146. The average molecular weight is 350 g/mol. The van der Waals surface area contributed by atoms with E-state index in [2.05, 4.69) is 9.88 Å². The van der Waals surface area contributed by atoms with E-state index in [0.29, 0.717) is 18.9 Å². The number of thiazole rings is 1. The Kier molecular flexibility index (Phi) is 5.42. The summed E-state index contributed by atoms with van der Waals surface area (Å²) in [6, 6.07) is 5.74. The van der Waals surface area contributed by atoms with Crippen molar-refractivity contribution in [2.24, 2.45) is 0 Å². The number of likely N-dealkylation sites (tertiary alicyclic amines) is 1. The maximum absolute atomic E-state index is 12.9. The van der Waals surface area contributed by atoms with Crippen LogP contribution in [0.1, 0.15) is 23.5 Å². The van der Waals surface area contributed by atoms with E-state index in [1.54, 1.807) is 12.1 Å². The molecule has 1 atom stereocenters. The molecule has 24 heavy (non-hydrogen) atoms. The zero-order chi connectivity index (χ0) is 16.9. The summed E-state index contributed by atoms with van der Waals surface area (Å²) >= 11 is 1.52. The van der Waals surface area contributed by atoms with Gasteiger partial charge >= 0.3 is 5.97 Å². The second-order valence-electron chi connectivity index (χ2n) is 5.63. The SMILES string of the molecule is COC(=O)C1CCCN1Cc1csc(COc2ccc(F)cc2)n1. The topological polar surface area (TPSA) is 51.7 Å².